The van der Waals surface area contributed by atoms with E-state index in [2.05, 4.69) is 50.4 Å². The van der Waals surface area contributed by atoms with Gasteiger partial charge in [-0.25, -0.2) is 9.48 Å². The highest BCUT2D eigenvalue weighted by Crippen LogP contribution is 2.28. The van der Waals surface area contributed by atoms with Crippen LogP contribution in [0.15, 0.2) is 36.5 Å². The lowest BCUT2D eigenvalue weighted by Gasteiger charge is -2.46. The number of likely N-dealkylation sites (tertiary alicyclic amines) is 2. The average Bonchev–Trinajstić information content (AvgIpc) is 3.06. The van der Waals surface area contributed by atoms with E-state index in [1.807, 2.05) is 0 Å². The number of carbonyl (C=O) groups is 1. The predicted octanol–water partition coefficient (Wildman–Crippen LogP) is 1.50. The zero-order chi connectivity index (χ0) is 17.2. The first-order valence-corrected chi connectivity index (χ1v) is 8.84. The molecule has 2 saturated heterocycles. The van der Waals surface area contributed by atoms with Crippen LogP contribution in [0.25, 0.3) is 0 Å². The molecule has 0 spiro atoms. The zero-order valence-corrected chi connectivity index (χ0v) is 14.2. The fourth-order valence-corrected chi connectivity index (χ4v) is 3.79. The van der Waals surface area contributed by atoms with E-state index in [4.69, 9.17) is 5.11 Å². The van der Waals surface area contributed by atoms with Crippen LogP contribution >= 0.6 is 0 Å². The Balaban J connectivity index is 1.23. The molecule has 0 amide bonds. The highest BCUT2D eigenvalue weighted by molar-refractivity contribution is 5.84. The van der Waals surface area contributed by atoms with Gasteiger partial charge in [-0.15, -0.1) is 5.10 Å². The Labute approximate surface area is 146 Å². The minimum atomic E-state index is -1.02. The molecule has 2 aliphatic heterocycles. The van der Waals surface area contributed by atoms with E-state index in [9.17, 15) is 4.79 Å². The smallest absolute Gasteiger partial charge is 0.358 e. The summed E-state index contributed by atoms with van der Waals surface area (Å²) in [5.74, 6) is -1.02. The summed E-state index contributed by atoms with van der Waals surface area (Å²) in [7, 11) is 0. The van der Waals surface area contributed by atoms with E-state index in [-0.39, 0.29) is 11.7 Å². The van der Waals surface area contributed by atoms with Gasteiger partial charge in [-0.3, -0.25) is 9.80 Å². The summed E-state index contributed by atoms with van der Waals surface area (Å²) in [4.78, 5) is 15.9. The molecule has 0 radical (unpaired) electrons. The van der Waals surface area contributed by atoms with Crippen LogP contribution in [0.5, 0.6) is 0 Å². The maximum atomic E-state index is 10.9. The number of aromatic nitrogens is 3. The van der Waals surface area contributed by atoms with Crippen molar-refractivity contribution in [2.75, 3.05) is 26.2 Å². The minimum absolute atomic E-state index is 0.0210. The number of rotatable bonds is 5. The largest absolute Gasteiger partial charge is 0.476 e. The number of nitrogens with zero attached hydrogens (tertiary/aromatic N) is 5. The van der Waals surface area contributed by atoms with Crippen LogP contribution in [-0.4, -0.2) is 68.1 Å². The van der Waals surface area contributed by atoms with Crippen molar-refractivity contribution in [3.63, 3.8) is 0 Å². The molecule has 25 heavy (non-hydrogen) atoms. The van der Waals surface area contributed by atoms with Crippen molar-refractivity contribution in [2.45, 2.75) is 31.5 Å². The van der Waals surface area contributed by atoms with E-state index in [1.165, 1.54) is 24.6 Å². The summed E-state index contributed by atoms with van der Waals surface area (Å²) >= 11 is 0. The molecule has 1 aromatic carbocycles. The number of hydrogen-bond acceptors (Lipinski definition) is 5. The average molecular weight is 341 g/mol. The third-order valence-corrected chi connectivity index (χ3v) is 5.32. The van der Waals surface area contributed by atoms with E-state index < -0.39 is 5.97 Å². The van der Waals surface area contributed by atoms with Crippen molar-refractivity contribution in [1.82, 2.24) is 24.8 Å². The van der Waals surface area contributed by atoms with Crippen molar-refractivity contribution in [1.29, 1.82) is 0 Å². The van der Waals surface area contributed by atoms with E-state index in [0.29, 0.717) is 6.04 Å². The first-order chi connectivity index (χ1) is 12.2. The molecule has 2 aromatic rings. The van der Waals surface area contributed by atoms with Gasteiger partial charge in [0, 0.05) is 25.7 Å². The van der Waals surface area contributed by atoms with Gasteiger partial charge in [0.2, 0.25) is 0 Å². The van der Waals surface area contributed by atoms with Crippen LogP contribution in [0.1, 0.15) is 34.9 Å². The van der Waals surface area contributed by atoms with Gasteiger partial charge in [-0.2, -0.15) is 0 Å². The maximum absolute atomic E-state index is 10.9. The Morgan fingerprint density at radius 3 is 2.48 bits per heavy atom. The van der Waals surface area contributed by atoms with Gasteiger partial charge in [-0.1, -0.05) is 35.5 Å². The van der Waals surface area contributed by atoms with Crippen molar-refractivity contribution in [2.24, 2.45) is 0 Å². The lowest BCUT2D eigenvalue weighted by atomic mass is 9.97. The van der Waals surface area contributed by atoms with Crippen LogP contribution in [-0.2, 0) is 6.54 Å². The molecule has 3 heterocycles. The van der Waals surface area contributed by atoms with Gasteiger partial charge < -0.3 is 5.11 Å². The molecule has 1 aromatic heterocycles. The van der Waals surface area contributed by atoms with Crippen LogP contribution < -0.4 is 0 Å². The number of carboxylic acid groups (broad SMARTS) is 1. The summed E-state index contributed by atoms with van der Waals surface area (Å²) in [6.45, 7) is 5.17. The highest BCUT2D eigenvalue weighted by atomic mass is 16.4. The standard InChI is InChI=1S/C18H23N5O2/c24-18(25)17-13-23(20-19-17)16-11-22(12-16)15-6-8-21(9-7-15)10-14-4-2-1-3-5-14/h1-5,13,15-16H,6-12H2,(H,24,25). The molecule has 0 aliphatic carbocycles. The molecule has 1 N–H and O–H groups in total. The van der Waals surface area contributed by atoms with Gasteiger partial charge in [0.25, 0.3) is 0 Å². The second-order valence-electron chi connectivity index (χ2n) is 6.99. The SMILES string of the molecule is O=C(O)c1cn(C2CN(C3CCN(Cc4ccccc4)CC3)C2)nn1. The van der Waals surface area contributed by atoms with Crippen LogP contribution in [0.4, 0.5) is 0 Å². The molecule has 0 atom stereocenters. The number of carboxylic acids is 1. The lowest BCUT2D eigenvalue weighted by molar-refractivity contribution is 0.0185. The molecule has 0 bridgehead atoms. The first-order valence-electron chi connectivity index (χ1n) is 8.84. The third kappa shape index (κ3) is 3.57. The number of aromatic carboxylic acids is 1. The van der Waals surface area contributed by atoms with E-state index >= 15 is 0 Å². The number of benzene rings is 1. The molecule has 7 nitrogen and oxygen atoms in total. The Morgan fingerprint density at radius 2 is 1.84 bits per heavy atom. The summed E-state index contributed by atoms with van der Waals surface area (Å²) < 4.78 is 1.70. The number of hydrogen-bond donors (Lipinski definition) is 1. The molecular formula is C18H23N5O2. The van der Waals surface area contributed by atoms with E-state index in [1.54, 1.807) is 4.68 Å². The van der Waals surface area contributed by atoms with Gasteiger partial charge in [0.05, 0.1) is 12.2 Å². The van der Waals surface area contributed by atoms with Crippen LogP contribution in [0, 0.1) is 0 Å². The summed E-state index contributed by atoms with van der Waals surface area (Å²) in [6.07, 6.45) is 3.92. The fraction of sp³-hybridized carbons (Fsp3) is 0.500. The van der Waals surface area contributed by atoms with Crippen molar-refractivity contribution < 1.29 is 9.90 Å². The lowest BCUT2D eigenvalue weighted by Crippen LogP contribution is -2.55. The van der Waals surface area contributed by atoms with Gasteiger partial charge in [0.15, 0.2) is 5.69 Å². The third-order valence-electron chi connectivity index (χ3n) is 5.32. The van der Waals surface area contributed by atoms with Gasteiger partial charge in [0.1, 0.15) is 0 Å². The first kappa shape index (κ1) is 16.2. The van der Waals surface area contributed by atoms with Crippen molar-refractivity contribution in [3.8, 4) is 0 Å². The van der Waals surface area contributed by atoms with Crippen molar-refractivity contribution >= 4 is 5.97 Å². The van der Waals surface area contributed by atoms with Gasteiger partial charge >= 0.3 is 5.97 Å². The molecule has 0 unspecified atom stereocenters. The maximum Gasteiger partial charge on any atom is 0.358 e. The molecular weight excluding hydrogens is 318 g/mol. The van der Waals surface area contributed by atoms with Gasteiger partial charge in [-0.05, 0) is 31.5 Å². The molecule has 7 heteroatoms. The minimum Gasteiger partial charge on any atom is -0.476 e. The predicted molar refractivity (Wildman–Crippen MR) is 92.3 cm³/mol. The van der Waals surface area contributed by atoms with E-state index in [0.717, 1.165) is 32.7 Å². The molecule has 132 valence electrons. The molecule has 2 fully saturated rings. The molecule has 0 saturated carbocycles. The zero-order valence-electron chi connectivity index (χ0n) is 14.2. The summed E-state index contributed by atoms with van der Waals surface area (Å²) in [5.41, 5.74) is 1.40. The number of piperidine rings is 1. The topological polar surface area (TPSA) is 74.5 Å². The fourth-order valence-electron chi connectivity index (χ4n) is 3.79. The Morgan fingerprint density at radius 1 is 1.12 bits per heavy atom. The Hall–Kier alpha value is -2.25. The normalized spacial score (nSPS) is 20.5. The second kappa shape index (κ2) is 6.93. The summed E-state index contributed by atoms with van der Waals surface area (Å²) in [6, 6.07) is 11.5. The quantitative estimate of drug-likeness (QED) is 0.888. The second-order valence-corrected chi connectivity index (χ2v) is 6.99. The molecule has 2 aliphatic rings. The Bertz CT molecular complexity index is 718. The monoisotopic (exact) mass is 341 g/mol. The van der Waals surface area contributed by atoms with Crippen LogP contribution in [0.2, 0.25) is 0 Å². The summed E-state index contributed by atoms with van der Waals surface area (Å²) in [5, 5.41) is 16.6. The Kier molecular flexibility index (Phi) is 4.50. The van der Waals surface area contributed by atoms with Crippen LogP contribution in [0.3, 0.4) is 0 Å². The molecule has 4 rings (SSSR count). The van der Waals surface area contributed by atoms with Crippen molar-refractivity contribution in [3.05, 3.63) is 47.8 Å². The highest BCUT2D eigenvalue weighted by Gasteiger charge is 2.35.